The van der Waals surface area contributed by atoms with E-state index in [4.69, 9.17) is 10.2 Å². The maximum Gasteiger partial charge on any atom is 0.455 e. The molecule has 0 saturated heterocycles. The molecule has 8 heteroatoms. The summed E-state index contributed by atoms with van der Waals surface area (Å²) < 4.78 is 74.9. The lowest BCUT2D eigenvalue weighted by molar-refractivity contribution is -0.390. The lowest BCUT2D eigenvalue weighted by Gasteiger charge is -2.30. The molecule has 0 heterocycles. The van der Waals surface area contributed by atoms with Gasteiger partial charge in [0.25, 0.3) is 0 Å². The first kappa shape index (κ1) is 13.6. The number of rotatable bonds is 2. The van der Waals surface area contributed by atoms with Gasteiger partial charge in [-0.2, -0.15) is 26.3 Å². The van der Waals surface area contributed by atoms with Gasteiger partial charge in [0.15, 0.2) is 0 Å². The molecule has 0 amide bonds. The van der Waals surface area contributed by atoms with Crippen LogP contribution in [0.4, 0.5) is 26.3 Å². The number of phenolic OH excluding ortho intramolecular Hbond substituents is 1. The molecule has 1 atom stereocenters. The molecule has 0 spiro atoms. The minimum absolute atomic E-state index is 0.381. The highest BCUT2D eigenvalue weighted by molar-refractivity contribution is 5.30. The summed E-state index contributed by atoms with van der Waals surface area (Å²) in [6.45, 7) is 0. The van der Waals surface area contributed by atoms with E-state index < -0.39 is 29.3 Å². The zero-order valence-electron chi connectivity index (χ0n) is 7.97. The van der Waals surface area contributed by atoms with Crippen molar-refractivity contribution in [3.8, 4) is 5.75 Å². The molecule has 0 bridgehead atoms. The molecule has 96 valence electrons. The Labute approximate surface area is 91.1 Å². The number of halogens is 6. The Bertz CT molecular complexity index is 395. The third-order valence-electron chi connectivity index (χ3n) is 2.02. The fourth-order valence-corrected chi connectivity index (χ4v) is 1.04. The minimum atomic E-state index is -6.14. The minimum Gasteiger partial charge on any atom is -0.508 e. The van der Waals surface area contributed by atoms with Crippen molar-refractivity contribution in [1.29, 1.82) is 0 Å². The van der Waals surface area contributed by atoms with Gasteiger partial charge < -0.3 is 10.2 Å². The molecular formula is C9H6F6O2. The number of aliphatic hydroxyl groups is 1. The molecule has 1 rings (SSSR count). The molecule has 0 aliphatic heterocycles. The zero-order valence-corrected chi connectivity index (χ0v) is 7.97. The monoisotopic (exact) mass is 260 g/mol. The molecule has 0 aromatic heterocycles. The van der Waals surface area contributed by atoms with Crippen molar-refractivity contribution in [2.75, 3.05) is 0 Å². The number of hydrogen-bond donors (Lipinski definition) is 2. The molecule has 0 aliphatic carbocycles. The van der Waals surface area contributed by atoms with Crippen molar-refractivity contribution in [2.24, 2.45) is 0 Å². The van der Waals surface area contributed by atoms with Crippen LogP contribution in [0, 0.1) is 0 Å². The molecule has 0 radical (unpaired) electrons. The van der Waals surface area contributed by atoms with Gasteiger partial charge in [0.2, 0.25) is 0 Å². The van der Waals surface area contributed by atoms with Gasteiger partial charge in [-0.15, -0.1) is 0 Å². The van der Waals surface area contributed by atoms with E-state index in [2.05, 4.69) is 0 Å². The smallest absolute Gasteiger partial charge is 0.455 e. The summed E-state index contributed by atoms with van der Waals surface area (Å²) in [7, 11) is 0. The first-order valence-corrected chi connectivity index (χ1v) is 4.15. The van der Waals surface area contributed by atoms with Crippen LogP contribution < -0.4 is 0 Å². The van der Waals surface area contributed by atoms with E-state index in [9.17, 15) is 26.3 Å². The number of hydrogen-bond acceptors (Lipinski definition) is 2. The van der Waals surface area contributed by atoms with Crippen LogP contribution >= 0.6 is 0 Å². The van der Waals surface area contributed by atoms with Crippen molar-refractivity contribution >= 4 is 0 Å². The molecule has 2 N–H and O–H groups in total. The van der Waals surface area contributed by atoms with Gasteiger partial charge in [-0.3, -0.25) is 0 Å². The number of alkyl halides is 6. The van der Waals surface area contributed by atoms with E-state index in [0.717, 1.165) is 0 Å². The average molecular weight is 260 g/mol. The van der Waals surface area contributed by atoms with Crippen LogP contribution in [0.15, 0.2) is 24.3 Å². The first-order chi connectivity index (χ1) is 7.50. The molecule has 0 saturated carbocycles. The largest absolute Gasteiger partial charge is 0.508 e. The third-order valence-corrected chi connectivity index (χ3v) is 2.02. The average Bonchev–Trinajstić information content (AvgIpc) is 2.16. The number of benzene rings is 1. The van der Waals surface area contributed by atoms with Crippen molar-refractivity contribution in [1.82, 2.24) is 0 Å². The first-order valence-electron chi connectivity index (χ1n) is 4.15. The van der Waals surface area contributed by atoms with E-state index in [1.165, 1.54) is 0 Å². The van der Waals surface area contributed by atoms with E-state index in [0.29, 0.717) is 24.3 Å². The van der Waals surface area contributed by atoms with Gasteiger partial charge in [0.1, 0.15) is 5.75 Å². The predicted octanol–water partition coefficient (Wildman–Crippen LogP) is 2.70. The second-order valence-electron chi connectivity index (χ2n) is 3.24. The Hall–Kier alpha value is -1.44. The molecule has 1 aromatic rings. The second kappa shape index (κ2) is 3.80. The van der Waals surface area contributed by atoms with Gasteiger partial charge in [-0.25, -0.2) is 0 Å². The summed E-state index contributed by atoms with van der Waals surface area (Å²) in [5.74, 6) is -11.4. The molecule has 17 heavy (non-hydrogen) atoms. The van der Waals surface area contributed by atoms with Gasteiger partial charge >= 0.3 is 18.0 Å². The summed E-state index contributed by atoms with van der Waals surface area (Å²) in [6, 6.07) is 2.06. The van der Waals surface area contributed by atoms with Crippen LogP contribution in [0.25, 0.3) is 0 Å². The van der Waals surface area contributed by atoms with Crippen LogP contribution in [-0.2, 0) is 5.92 Å². The number of phenols is 1. The fourth-order valence-electron chi connectivity index (χ4n) is 1.04. The fraction of sp³-hybridized carbons (Fsp3) is 0.333. The predicted molar refractivity (Wildman–Crippen MR) is 44.1 cm³/mol. The second-order valence-corrected chi connectivity index (χ2v) is 3.24. The quantitative estimate of drug-likeness (QED) is 0.802. The van der Waals surface area contributed by atoms with E-state index in [1.807, 2.05) is 0 Å². The highest BCUT2D eigenvalue weighted by atomic mass is 19.4. The normalized spacial score (nSPS) is 16.6. The molecular weight excluding hydrogens is 254 g/mol. The van der Waals surface area contributed by atoms with Crippen LogP contribution in [0.5, 0.6) is 5.75 Å². The Balaban J connectivity index is 3.23. The zero-order chi connectivity index (χ0) is 13.5. The third kappa shape index (κ3) is 2.17. The van der Waals surface area contributed by atoms with Gasteiger partial charge in [0, 0.05) is 5.56 Å². The summed E-state index contributed by atoms with van der Waals surface area (Å²) in [5.41, 5.74) is -1.40. The highest BCUT2D eigenvalue weighted by Crippen LogP contribution is 2.49. The van der Waals surface area contributed by atoms with Crippen LogP contribution in [-0.4, -0.2) is 22.2 Å². The van der Waals surface area contributed by atoms with Crippen molar-refractivity contribution in [2.45, 2.75) is 18.0 Å². The SMILES string of the molecule is Oc1ccc(C(F)(F)C(O)(F)C(F)(F)F)cc1. The Morgan fingerprint density at radius 3 is 1.59 bits per heavy atom. The summed E-state index contributed by atoms with van der Waals surface area (Å²) in [5, 5.41) is 17.1. The molecule has 0 aliphatic rings. The summed E-state index contributed by atoms with van der Waals surface area (Å²) in [6.07, 6.45) is -6.14. The molecule has 1 aromatic carbocycles. The standard InChI is InChI=1S/C9H6F6O2/c10-7(11,8(12,17)9(13,14)15)5-1-3-6(16)4-2-5/h1-4,16-17H. The molecule has 0 fully saturated rings. The highest BCUT2D eigenvalue weighted by Gasteiger charge is 2.71. The topological polar surface area (TPSA) is 40.5 Å². The van der Waals surface area contributed by atoms with Gasteiger partial charge in [-0.1, -0.05) is 0 Å². The molecule has 2 nitrogen and oxygen atoms in total. The van der Waals surface area contributed by atoms with Gasteiger partial charge in [0.05, 0.1) is 0 Å². The van der Waals surface area contributed by atoms with E-state index in [1.54, 1.807) is 0 Å². The maximum atomic E-state index is 13.1. The number of aromatic hydroxyl groups is 1. The van der Waals surface area contributed by atoms with E-state index >= 15 is 0 Å². The van der Waals surface area contributed by atoms with Crippen molar-refractivity contribution < 1.29 is 36.6 Å². The molecule has 1 unspecified atom stereocenters. The summed E-state index contributed by atoms with van der Waals surface area (Å²) in [4.78, 5) is 0. The lowest BCUT2D eigenvalue weighted by Crippen LogP contribution is -2.53. The Morgan fingerprint density at radius 2 is 1.24 bits per heavy atom. The van der Waals surface area contributed by atoms with E-state index in [-0.39, 0.29) is 0 Å². The van der Waals surface area contributed by atoms with Crippen LogP contribution in [0.2, 0.25) is 0 Å². The van der Waals surface area contributed by atoms with Crippen molar-refractivity contribution in [3.05, 3.63) is 29.8 Å². The summed E-state index contributed by atoms with van der Waals surface area (Å²) >= 11 is 0. The van der Waals surface area contributed by atoms with Crippen molar-refractivity contribution in [3.63, 3.8) is 0 Å². The van der Waals surface area contributed by atoms with Gasteiger partial charge in [-0.05, 0) is 24.3 Å². The Kier molecular flexibility index (Phi) is 3.04. The lowest BCUT2D eigenvalue weighted by atomic mass is 10.0. The Morgan fingerprint density at radius 1 is 0.824 bits per heavy atom. The van der Waals surface area contributed by atoms with Crippen LogP contribution in [0.1, 0.15) is 5.56 Å². The van der Waals surface area contributed by atoms with Crippen LogP contribution in [0.3, 0.4) is 0 Å². The maximum absolute atomic E-state index is 13.1.